The molecular formula is C11H6ClN5O3. The summed E-state index contributed by atoms with van der Waals surface area (Å²) >= 11 is 5.66. The van der Waals surface area contributed by atoms with E-state index in [2.05, 4.69) is 15.5 Å². The lowest BCUT2D eigenvalue weighted by molar-refractivity contribution is -0.385. The highest BCUT2D eigenvalue weighted by Gasteiger charge is 2.21. The zero-order valence-electron chi connectivity index (χ0n) is 9.75. The largest absolute Gasteiger partial charge is 0.306 e. The topological polar surface area (TPSA) is 125 Å². The van der Waals surface area contributed by atoms with Crippen LogP contribution in [0.4, 0.5) is 11.5 Å². The van der Waals surface area contributed by atoms with Gasteiger partial charge in [-0.25, -0.2) is 0 Å². The van der Waals surface area contributed by atoms with Gasteiger partial charge in [0, 0.05) is 11.1 Å². The summed E-state index contributed by atoms with van der Waals surface area (Å²) in [6.07, 6.45) is 1.23. The Bertz CT molecular complexity index is 734. The number of nitrogens with one attached hydrogen (secondary N) is 2. The van der Waals surface area contributed by atoms with E-state index in [0.29, 0.717) is 0 Å². The molecule has 20 heavy (non-hydrogen) atoms. The van der Waals surface area contributed by atoms with E-state index in [-0.39, 0.29) is 22.0 Å². The van der Waals surface area contributed by atoms with E-state index >= 15 is 0 Å². The van der Waals surface area contributed by atoms with Gasteiger partial charge in [0.15, 0.2) is 0 Å². The Labute approximate surface area is 117 Å². The molecule has 0 unspecified atom stereocenters. The van der Waals surface area contributed by atoms with E-state index < -0.39 is 16.5 Å². The van der Waals surface area contributed by atoms with E-state index in [1.165, 1.54) is 18.3 Å². The first kappa shape index (κ1) is 13.5. The number of hydrogen-bond donors (Lipinski definition) is 2. The third-order valence-corrected chi connectivity index (χ3v) is 2.63. The predicted molar refractivity (Wildman–Crippen MR) is 69.4 cm³/mol. The zero-order valence-corrected chi connectivity index (χ0v) is 10.5. The van der Waals surface area contributed by atoms with Crippen molar-refractivity contribution in [1.82, 2.24) is 10.2 Å². The minimum atomic E-state index is -0.742. The van der Waals surface area contributed by atoms with Gasteiger partial charge >= 0.3 is 0 Å². The second-order valence-corrected chi connectivity index (χ2v) is 4.08. The molecule has 9 heteroatoms. The molecular weight excluding hydrogens is 286 g/mol. The highest BCUT2D eigenvalue weighted by atomic mass is 35.5. The number of nitro groups is 1. The van der Waals surface area contributed by atoms with Crippen LogP contribution in [0.3, 0.4) is 0 Å². The molecule has 1 aromatic heterocycles. The molecule has 0 aliphatic rings. The first-order valence-electron chi connectivity index (χ1n) is 5.21. The first-order chi connectivity index (χ1) is 9.52. The molecule has 2 aromatic rings. The van der Waals surface area contributed by atoms with Gasteiger partial charge in [0.2, 0.25) is 0 Å². The fraction of sp³-hybridized carbons (Fsp3) is 0. The second kappa shape index (κ2) is 5.38. The van der Waals surface area contributed by atoms with E-state index in [4.69, 9.17) is 16.9 Å². The smallest absolute Gasteiger partial charge is 0.283 e. The SMILES string of the molecule is N#Cc1cn[nH]c1NC(=O)c1ccc(Cl)cc1[N+](=O)[O-]. The van der Waals surface area contributed by atoms with Gasteiger partial charge in [0.1, 0.15) is 23.0 Å². The number of amides is 1. The number of hydrogen-bond acceptors (Lipinski definition) is 5. The van der Waals surface area contributed by atoms with E-state index in [9.17, 15) is 14.9 Å². The quantitative estimate of drug-likeness (QED) is 0.661. The molecule has 0 saturated heterocycles. The maximum absolute atomic E-state index is 12.0. The minimum absolute atomic E-state index is 0.0711. The Morgan fingerprint density at radius 3 is 2.95 bits per heavy atom. The van der Waals surface area contributed by atoms with Crippen LogP contribution in [-0.4, -0.2) is 21.0 Å². The van der Waals surface area contributed by atoms with Gasteiger partial charge in [-0.15, -0.1) is 0 Å². The number of nitrogens with zero attached hydrogens (tertiary/aromatic N) is 3. The summed E-state index contributed by atoms with van der Waals surface area (Å²) in [6.45, 7) is 0. The van der Waals surface area contributed by atoms with Gasteiger partial charge in [-0.2, -0.15) is 10.4 Å². The van der Waals surface area contributed by atoms with Crippen LogP contribution in [0.15, 0.2) is 24.4 Å². The lowest BCUT2D eigenvalue weighted by Crippen LogP contribution is -2.15. The number of nitriles is 1. The molecule has 1 heterocycles. The molecule has 2 N–H and O–H groups in total. The highest BCUT2D eigenvalue weighted by Crippen LogP contribution is 2.24. The van der Waals surface area contributed by atoms with Crippen molar-refractivity contribution in [2.24, 2.45) is 0 Å². The Morgan fingerprint density at radius 2 is 2.30 bits per heavy atom. The number of nitro benzene ring substituents is 1. The van der Waals surface area contributed by atoms with Crippen molar-refractivity contribution in [3.8, 4) is 6.07 Å². The summed E-state index contributed by atoms with van der Waals surface area (Å²) in [5, 5.41) is 28.2. The molecule has 1 aromatic carbocycles. The average Bonchev–Trinajstić information content (AvgIpc) is 2.85. The third kappa shape index (κ3) is 2.57. The normalized spacial score (nSPS) is 9.80. The van der Waals surface area contributed by atoms with Gasteiger partial charge in [0.05, 0.1) is 11.1 Å². The van der Waals surface area contributed by atoms with Crippen LogP contribution in [-0.2, 0) is 0 Å². The van der Waals surface area contributed by atoms with E-state index in [1.807, 2.05) is 6.07 Å². The van der Waals surface area contributed by atoms with Crippen LogP contribution >= 0.6 is 11.6 Å². The Kier molecular flexibility index (Phi) is 3.63. The molecule has 8 nitrogen and oxygen atoms in total. The molecule has 0 fully saturated rings. The van der Waals surface area contributed by atoms with Crippen molar-refractivity contribution < 1.29 is 9.72 Å². The maximum atomic E-state index is 12.0. The number of carbonyl (C=O) groups excluding carboxylic acids is 1. The summed E-state index contributed by atoms with van der Waals surface area (Å²) < 4.78 is 0. The van der Waals surface area contributed by atoms with Crippen molar-refractivity contribution in [2.45, 2.75) is 0 Å². The number of aromatic amines is 1. The van der Waals surface area contributed by atoms with Crippen molar-refractivity contribution >= 4 is 29.0 Å². The monoisotopic (exact) mass is 291 g/mol. The first-order valence-corrected chi connectivity index (χ1v) is 5.59. The molecule has 1 amide bonds. The van der Waals surface area contributed by atoms with Crippen LogP contribution in [0.25, 0.3) is 0 Å². The van der Waals surface area contributed by atoms with E-state index in [1.54, 1.807) is 0 Å². The summed E-state index contributed by atoms with van der Waals surface area (Å²) in [7, 11) is 0. The highest BCUT2D eigenvalue weighted by molar-refractivity contribution is 6.31. The van der Waals surface area contributed by atoms with Crippen LogP contribution in [0.5, 0.6) is 0 Å². The fourth-order valence-electron chi connectivity index (χ4n) is 1.49. The van der Waals surface area contributed by atoms with Crippen LogP contribution in [0.1, 0.15) is 15.9 Å². The number of H-pyrrole nitrogens is 1. The van der Waals surface area contributed by atoms with Crippen molar-refractivity contribution in [2.75, 3.05) is 5.32 Å². The molecule has 100 valence electrons. The van der Waals surface area contributed by atoms with Gasteiger partial charge < -0.3 is 5.32 Å². The number of rotatable bonds is 3. The number of halogens is 1. The molecule has 2 rings (SSSR count). The lowest BCUT2D eigenvalue weighted by Gasteiger charge is -2.04. The fourth-order valence-corrected chi connectivity index (χ4v) is 1.66. The Hall–Kier alpha value is -2.92. The van der Waals surface area contributed by atoms with Crippen LogP contribution in [0.2, 0.25) is 5.02 Å². The number of carbonyl (C=O) groups is 1. The predicted octanol–water partition coefficient (Wildman–Crippen LogP) is 2.10. The van der Waals surface area contributed by atoms with Crippen LogP contribution in [0, 0.1) is 21.4 Å². The molecule has 0 aliphatic heterocycles. The van der Waals surface area contributed by atoms with Gasteiger partial charge in [0.25, 0.3) is 11.6 Å². The molecule has 0 aliphatic carbocycles. The third-order valence-electron chi connectivity index (χ3n) is 2.40. The summed E-state index contributed by atoms with van der Waals surface area (Å²) in [5.41, 5.74) is -0.471. The molecule has 0 bridgehead atoms. The number of anilines is 1. The summed E-state index contributed by atoms with van der Waals surface area (Å²) in [4.78, 5) is 22.2. The van der Waals surface area contributed by atoms with E-state index in [0.717, 1.165) is 6.07 Å². The number of benzene rings is 1. The van der Waals surface area contributed by atoms with Crippen molar-refractivity contribution in [3.63, 3.8) is 0 Å². The van der Waals surface area contributed by atoms with Gasteiger partial charge in [-0.3, -0.25) is 20.0 Å². The molecule has 0 saturated carbocycles. The summed E-state index contributed by atoms with van der Waals surface area (Å²) in [5.74, 6) is -0.670. The standard InChI is InChI=1S/C11H6ClN5O3/c12-7-1-2-8(9(3-7)17(19)20)11(18)15-10-6(4-13)5-14-16-10/h1-3,5H,(H2,14,15,16,18). The van der Waals surface area contributed by atoms with Gasteiger partial charge in [-0.1, -0.05) is 11.6 Å². The second-order valence-electron chi connectivity index (χ2n) is 3.64. The zero-order chi connectivity index (χ0) is 14.7. The van der Waals surface area contributed by atoms with Crippen molar-refractivity contribution in [3.05, 3.63) is 50.7 Å². The van der Waals surface area contributed by atoms with Crippen LogP contribution < -0.4 is 5.32 Å². The molecule has 0 radical (unpaired) electrons. The Balaban J connectivity index is 2.35. The van der Waals surface area contributed by atoms with Crippen molar-refractivity contribution in [1.29, 1.82) is 5.26 Å². The number of aromatic nitrogens is 2. The summed E-state index contributed by atoms with van der Waals surface area (Å²) in [6, 6.07) is 5.49. The van der Waals surface area contributed by atoms with Gasteiger partial charge in [-0.05, 0) is 12.1 Å². The Morgan fingerprint density at radius 1 is 1.55 bits per heavy atom. The average molecular weight is 292 g/mol. The molecule has 0 spiro atoms. The maximum Gasteiger partial charge on any atom is 0.283 e. The minimum Gasteiger partial charge on any atom is -0.306 e. The molecule has 0 atom stereocenters. The lowest BCUT2D eigenvalue weighted by atomic mass is 10.1.